The van der Waals surface area contributed by atoms with Gasteiger partial charge in [0, 0.05) is 19.0 Å². The Bertz CT molecular complexity index is 1440. The second-order valence-corrected chi connectivity index (χ2v) is 15.2. The van der Waals surface area contributed by atoms with Crippen LogP contribution in [0.5, 0.6) is 5.75 Å². The average Bonchev–Trinajstić information content (AvgIpc) is 3.52. The number of nitrogens with two attached hydrogens (primary N) is 1. The Hall–Kier alpha value is -3.76. The number of carbonyl (C=O) groups is 4. The number of rotatable bonds is 16. The van der Waals surface area contributed by atoms with E-state index in [1.807, 2.05) is 82.3 Å². The van der Waals surface area contributed by atoms with Gasteiger partial charge in [0.15, 0.2) is 0 Å². The zero-order chi connectivity index (χ0) is 36.4. The zero-order valence-corrected chi connectivity index (χ0v) is 30.5. The number of ether oxygens (including phenoxy) is 1. The molecule has 2 aromatic carbocycles. The number of nitrogens with one attached hydrogen (secondary N) is 2. The molecule has 1 fully saturated rings. The lowest BCUT2D eigenvalue weighted by Gasteiger charge is -2.47. The van der Waals surface area contributed by atoms with Gasteiger partial charge in [-0.05, 0) is 48.6 Å². The molecule has 4 rings (SSSR count). The van der Waals surface area contributed by atoms with Gasteiger partial charge in [0.05, 0.1) is 37.1 Å². The lowest BCUT2D eigenvalue weighted by molar-refractivity contribution is -0.162. The standard InChI is InChI=1S/C40H58N4O6/c1-26(2)23-40(32-25-50-36-19-13-12-18-31(32)36,44(28(5)45)38(48)33(41)20-29-14-8-6-9-15-29)39(49)43-34(21-30-16-10-7-11-17-30)35(46)22-37(47)42-24-27(3)4/h6,8-9,12-15,18-19,26-27,30,32-35,46H,7,10-11,16-17,20-25,41H2,1-5H3,(H,42,47)(H,43,49)/t32?,33-,34-,35-,40-/m0/s1. The van der Waals surface area contributed by atoms with Crippen LogP contribution in [0.3, 0.4) is 0 Å². The number of benzene rings is 2. The Morgan fingerprint density at radius 2 is 1.62 bits per heavy atom. The topological polar surface area (TPSA) is 151 Å². The van der Waals surface area contributed by atoms with Gasteiger partial charge < -0.3 is 26.2 Å². The second-order valence-electron chi connectivity index (χ2n) is 15.2. The fourth-order valence-corrected chi connectivity index (χ4v) is 7.79. The van der Waals surface area contributed by atoms with Gasteiger partial charge >= 0.3 is 0 Å². The van der Waals surface area contributed by atoms with Crippen molar-refractivity contribution in [1.82, 2.24) is 15.5 Å². The molecule has 50 heavy (non-hydrogen) atoms. The van der Waals surface area contributed by atoms with Gasteiger partial charge in [0.1, 0.15) is 11.3 Å². The molecule has 1 aliphatic carbocycles. The number of hydrogen-bond acceptors (Lipinski definition) is 7. The molecule has 10 heteroatoms. The van der Waals surface area contributed by atoms with Crippen LogP contribution in [0.1, 0.15) is 103 Å². The van der Waals surface area contributed by atoms with Gasteiger partial charge in [-0.1, -0.05) is 108 Å². The fourth-order valence-electron chi connectivity index (χ4n) is 7.79. The Kier molecular flexibility index (Phi) is 14.0. The van der Waals surface area contributed by atoms with Crippen molar-refractivity contribution in [2.75, 3.05) is 13.2 Å². The fraction of sp³-hybridized carbons (Fsp3) is 0.600. The molecule has 5 N–H and O–H groups in total. The summed E-state index contributed by atoms with van der Waals surface area (Å²) in [6, 6.07) is 14.8. The summed E-state index contributed by atoms with van der Waals surface area (Å²) in [5.74, 6) is -1.88. The maximum atomic E-state index is 15.3. The maximum Gasteiger partial charge on any atom is 0.247 e. The molecule has 0 bridgehead atoms. The minimum atomic E-state index is -1.75. The summed E-state index contributed by atoms with van der Waals surface area (Å²) in [6.45, 7) is 9.73. The van der Waals surface area contributed by atoms with Crippen molar-refractivity contribution >= 4 is 23.6 Å². The van der Waals surface area contributed by atoms with Gasteiger partial charge in [-0.3, -0.25) is 24.1 Å². The van der Waals surface area contributed by atoms with E-state index in [1.165, 1.54) is 6.92 Å². The highest BCUT2D eigenvalue weighted by molar-refractivity contribution is 6.04. The summed E-state index contributed by atoms with van der Waals surface area (Å²) in [5, 5.41) is 17.7. The van der Waals surface area contributed by atoms with Crippen molar-refractivity contribution < 1.29 is 29.0 Å². The van der Waals surface area contributed by atoms with Crippen molar-refractivity contribution in [3.63, 3.8) is 0 Å². The molecular formula is C40H58N4O6. The molecule has 1 unspecified atom stereocenters. The molecule has 2 aromatic rings. The number of nitrogens with zero attached hydrogens (tertiary/aromatic N) is 1. The van der Waals surface area contributed by atoms with Crippen LogP contribution in [0, 0.1) is 17.8 Å². The molecule has 0 aromatic heterocycles. The van der Waals surface area contributed by atoms with Gasteiger partial charge in [0.2, 0.25) is 23.6 Å². The number of para-hydroxylation sites is 1. The summed E-state index contributed by atoms with van der Waals surface area (Å²) in [7, 11) is 0. The number of aliphatic hydroxyl groups is 1. The van der Waals surface area contributed by atoms with E-state index >= 15 is 4.79 Å². The van der Waals surface area contributed by atoms with Crippen molar-refractivity contribution in [2.24, 2.45) is 23.5 Å². The SMILES string of the molecule is CC(=O)N(C(=O)[C@@H](N)Cc1ccccc1)[C@](CC(C)C)(C(=O)N[C@@H](CC1CCCCC1)[C@@H](O)CC(=O)NCC(C)C)C1COc2ccccc21. The summed E-state index contributed by atoms with van der Waals surface area (Å²) in [4.78, 5) is 57.8. The molecule has 5 atom stereocenters. The van der Waals surface area contributed by atoms with E-state index in [1.54, 1.807) is 0 Å². The van der Waals surface area contributed by atoms with Crippen molar-refractivity contribution in [2.45, 2.75) is 122 Å². The van der Waals surface area contributed by atoms with Crippen molar-refractivity contribution in [3.8, 4) is 5.75 Å². The molecule has 4 amide bonds. The number of aliphatic hydroxyl groups excluding tert-OH is 1. The van der Waals surface area contributed by atoms with Crippen LogP contribution in [0.15, 0.2) is 54.6 Å². The van der Waals surface area contributed by atoms with Crippen LogP contribution in [-0.2, 0) is 25.6 Å². The first-order valence-electron chi connectivity index (χ1n) is 18.4. The molecule has 1 aliphatic heterocycles. The summed E-state index contributed by atoms with van der Waals surface area (Å²) in [6.07, 6.45) is 4.61. The predicted molar refractivity (Wildman–Crippen MR) is 194 cm³/mol. The normalized spacial score (nSPS) is 19.1. The number of hydrogen-bond donors (Lipinski definition) is 4. The minimum Gasteiger partial charge on any atom is -0.493 e. The highest BCUT2D eigenvalue weighted by Gasteiger charge is 2.58. The van der Waals surface area contributed by atoms with Crippen LogP contribution >= 0.6 is 0 Å². The number of amides is 4. The lowest BCUT2D eigenvalue weighted by Crippen LogP contribution is -2.69. The summed E-state index contributed by atoms with van der Waals surface area (Å²) < 4.78 is 6.12. The Morgan fingerprint density at radius 3 is 2.26 bits per heavy atom. The number of imide groups is 1. The highest BCUT2D eigenvalue weighted by Crippen LogP contribution is 2.47. The van der Waals surface area contributed by atoms with E-state index in [2.05, 4.69) is 10.6 Å². The molecule has 0 saturated heterocycles. The van der Waals surface area contributed by atoms with Gasteiger partial charge in [-0.2, -0.15) is 0 Å². The molecule has 274 valence electrons. The largest absolute Gasteiger partial charge is 0.493 e. The molecule has 2 aliphatic rings. The third kappa shape index (κ3) is 9.72. The highest BCUT2D eigenvalue weighted by atomic mass is 16.5. The molecule has 1 heterocycles. The number of fused-ring (bicyclic) bond motifs is 1. The first kappa shape index (κ1) is 39.0. The average molecular weight is 691 g/mol. The van der Waals surface area contributed by atoms with Gasteiger partial charge in [0.25, 0.3) is 0 Å². The van der Waals surface area contributed by atoms with E-state index in [0.29, 0.717) is 18.7 Å². The van der Waals surface area contributed by atoms with Gasteiger partial charge in [-0.15, -0.1) is 0 Å². The van der Waals surface area contributed by atoms with Crippen molar-refractivity contribution in [3.05, 3.63) is 65.7 Å². The monoisotopic (exact) mass is 690 g/mol. The second kappa shape index (κ2) is 17.9. The summed E-state index contributed by atoms with van der Waals surface area (Å²) >= 11 is 0. The molecular weight excluding hydrogens is 632 g/mol. The van der Waals surface area contributed by atoms with E-state index in [4.69, 9.17) is 10.5 Å². The summed E-state index contributed by atoms with van der Waals surface area (Å²) in [5.41, 5.74) is 6.40. The maximum absolute atomic E-state index is 15.3. The third-order valence-corrected chi connectivity index (χ3v) is 10.1. The van der Waals surface area contributed by atoms with E-state index < -0.39 is 47.4 Å². The molecule has 10 nitrogen and oxygen atoms in total. The smallest absolute Gasteiger partial charge is 0.247 e. The first-order chi connectivity index (χ1) is 23.8. The lowest BCUT2D eigenvalue weighted by atomic mass is 9.72. The van der Waals surface area contributed by atoms with E-state index in [9.17, 15) is 19.5 Å². The van der Waals surface area contributed by atoms with Crippen LogP contribution < -0.4 is 21.1 Å². The minimum absolute atomic E-state index is 0.0674. The Labute approximate surface area is 297 Å². The molecule has 0 spiro atoms. The van der Waals surface area contributed by atoms with E-state index in [-0.39, 0.29) is 49.5 Å². The quantitative estimate of drug-likeness (QED) is 0.196. The Balaban J connectivity index is 1.79. The van der Waals surface area contributed by atoms with E-state index in [0.717, 1.165) is 48.1 Å². The zero-order valence-electron chi connectivity index (χ0n) is 30.5. The van der Waals surface area contributed by atoms with Crippen LogP contribution in [-0.4, -0.2) is 70.5 Å². The molecule has 0 radical (unpaired) electrons. The molecule has 1 saturated carbocycles. The van der Waals surface area contributed by atoms with Crippen LogP contribution in [0.2, 0.25) is 0 Å². The van der Waals surface area contributed by atoms with Crippen LogP contribution in [0.4, 0.5) is 0 Å². The van der Waals surface area contributed by atoms with Crippen LogP contribution in [0.25, 0.3) is 0 Å². The van der Waals surface area contributed by atoms with Gasteiger partial charge in [-0.25, -0.2) is 0 Å². The predicted octanol–water partition coefficient (Wildman–Crippen LogP) is 4.87. The van der Waals surface area contributed by atoms with Crippen molar-refractivity contribution in [1.29, 1.82) is 0 Å². The first-order valence-corrected chi connectivity index (χ1v) is 18.4. The third-order valence-electron chi connectivity index (χ3n) is 10.1. The number of carbonyl (C=O) groups excluding carboxylic acids is 4. The Morgan fingerprint density at radius 1 is 0.960 bits per heavy atom.